The van der Waals surface area contributed by atoms with E-state index in [2.05, 4.69) is 38.7 Å². The van der Waals surface area contributed by atoms with Crippen LogP contribution in [0.5, 0.6) is 0 Å². The lowest BCUT2D eigenvalue weighted by Crippen LogP contribution is -2.37. The number of halogens is 1. The van der Waals surface area contributed by atoms with Crippen molar-refractivity contribution in [1.82, 2.24) is 0 Å². The van der Waals surface area contributed by atoms with Gasteiger partial charge in [-0.1, -0.05) is 39.3 Å². The van der Waals surface area contributed by atoms with Gasteiger partial charge in [-0.15, -0.1) is 0 Å². The third-order valence-electron chi connectivity index (χ3n) is 3.33. The molecule has 1 aromatic carbocycles. The molecule has 0 fully saturated rings. The first kappa shape index (κ1) is 15.9. The minimum Gasteiger partial charge on any atom is -0.367 e. The third-order valence-corrected chi connectivity index (χ3v) is 3.57. The number of nitriles is 1. The molecule has 0 aliphatic rings. The van der Waals surface area contributed by atoms with Crippen LogP contribution in [0.2, 0.25) is 5.02 Å². The van der Waals surface area contributed by atoms with Crippen molar-refractivity contribution in [1.29, 1.82) is 5.26 Å². The molecule has 0 amide bonds. The Balaban J connectivity index is 3.23. The van der Waals surface area contributed by atoms with E-state index in [0.29, 0.717) is 22.5 Å². The fourth-order valence-electron chi connectivity index (χ4n) is 2.40. The average Bonchev–Trinajstić information content (AvgIpc) is 2.38. The Labute approximate surface area is 122 Å². The minimum absolute atomic E-state index is 0.452. The summed E-state index contributed by atoms with van der Waals surface area (Å²) in [6, 6.07) is 8.24. The Kier molecular flexibility index (Phi) is 6.18. The van der Waals surface area contributed by atoms with Crippen molar-refractivity contribution in [3.8, 4) is 6.07 Å². The molecular formula is C16H23ClN2. The molecule has 0 aliphatic carbocycles. The fourth-order valence-corrected chi connectivity index (χ4v) is 2.57. The molecule has 0 atom stereocenters. The zero-order valence-electron chi connectivity index (χ0n) is 12.3. The van der Waals surface area contributed by atoms with E-state index in [1.807, 2.05) is 12.1 Å². The smallest absolute Gasteiger partial charge is 0.101 e. The molecule has 0 N–H and O–H groups in total. The van der Waals surface area contributed by atoms with Crippen molar-refractivity contribution in [2.75, 3.05) is 11.4 Å². The number of nitrogens with zero attached hydrogens (tertiary/aromatic N) is 2. The molecule has 0 radical (unpaired) electrons. The van der Waals surface area contributed by atoms with E-state index in [-0.39, 0.29) is 0 Å². The Bertz CT molecular complexity index is 445. The van der Waals surface area contributed by atoms with Crippen molar-refractivity contribution in [2.45, 2.75) is 46.6 Å². The number of benzene rings is 1. The normalized spacial score (nSPS) is 10.8. The van der Waals surface area contributed by atoms with Crippen LogP contribution in [-0.2, 0) is 0 Å². The van der Waals surface area contributed by atoms with Crippen molar-refractivity contribution in [2.24, 2.45) is 5.92 Å². The van der Waals surface area contributed by atoms with Crippen LogP contribution in [-0.4, -0.2) is 12.6 Å². The first-order chi connectivity index (χ1) is 9.03. The predicted molar refractivity (Wildman–Crippen MR) is 82.7 cm³/mol. The molecule has 2 nitrogen and oxygen atoms in total. The van der Waals surface area contributed by atoms with Crippen LogP contribution in [0.4, 0.5) is 5.69 Å². The van der Waals surface area contributed by atoms with E-state index in [1.54, 1.807) is 6.07 Å². The fraction of sp³-hybridized carbons (Fsp3) is 0.562. The van der Waals surface area contributed by atoms with E-state index in [4.69, 9.17) is 11.6 Å². The first-order valence-electron chi connectivity index (χ1n) is 6.99. The van der Waals surface area contributed by atoms with Crippen molar-refractivity contribution in [3.63, 3.8) is 0 Å². The first-order valence-corrected chi connectivity index (χ1v) is 7.37. The van der Waals surface area contributed by atoms with Gasteiger partial charge in [0.1, 0.15) is 6.07 Å². The van der Waals surface area contributed by atoms with Crippen LogP contribution in [0.3, 0.4) is 0 Å². The second-order valence-corrected chi connectivity index (χ2v) is 5.73. The van der Waals surface area contributed by atoms with Crippen LogP contribution < -0.4 is 4.90 Å². The van der Waals surface area contributed by atoms with Crippen LogP contribution in [0, 0.1) is 17.2 Å². The highest BCUT2D eigenvalue weighted by atomic mass is 35.5. The maximum atomic E-state index is 9.30. The summed E-state index contributed by atoms with van der Waals surface area (Å²) in [4.78, 5) is 2.34. The number of hydrogen-bond acceptors (Lipinski definition) is 2. The summed E-state index contributed by atoms with van der Waals surface area (Å²) < 4.78 is 0. The summed E-state index contributed by atoms with van der Waals surface area (Å²) in [6.07, 6.45) is 2.14. The molecule has 0 spiro atoms. The highest BCUT2D eigenvalue weighted by Crippen LogP contribution is 2.28. The second-order valence-electron chi connectivity index (χ2n) is 5.29. The Morgan fingerprint density at radius 1 is 1.26 bits per heavy atom. The van der Waals surface area contributed by atoms with Crippen molar-refractivity contribution >= 4 is 17.3 Å². The van der Waals surface area contributed by atoms with Gasteiger partial charge in [0.25, 0.3) is 0 Å². The van der Waals surface area contributed by atoms with Gasteiger partial charge < -0.3 is 4.90 Å². The maximum absolute atomic E-state index is 9.30. The molecule has 0 saturated carbocycles. The molecule has 0 saturated heterocycles. The molecule has 3 heteroatoms. The van der Waals surface area contributed by atoms with Crippen LogP contribution in [0.25, 0.3) is 0 Å². The van der Waals surface area contributed by atoms with Crippen LogP contribution in [0.15, 0.2) is 18.2 Å². The molecule has 0 aliphatic heterocycles. The summed E-state index contributed by atoms with van der Waals surface area (Å²) >= 11 is 6.11. The van der Waals surface area contributed by atoms with Gasteiger partial charge in [-0.3, -0.25) is 0 Å². The lowest BCUT2D eigenvalue weighted by molar-refractivity contribution is 0.507. The molecule has 0 bridgehead atoms. The molecular weight excluding hydrogens is 256 g/mol. The molecule has 1 rings (SSSR count). The summed E-state index contributed by atoms with van der Waals surface area (Å²) in [5.74, 6) is 0.547. The lowest BCUT2D eigenvalue weighted by atomic mass is 10.0. The number of anilines is 1. The molecule has 1 aromatic rings. The zero-order chi connectivity index (χ0) is 14.4. The highest BCUT2D eigenvalue weighted by molar-refractivity contribution is 6.30. The summed E-state index contributed by atoms with van der Waals surface area (Å²) in [5.41, 5.74) is 1.68. The van der Waals surface area contributed by atoms with Crippen LogP contribution >= 0.6 is 11.6 Å². The topological polar surface area (TPSA) is 27.0 Å². The van der Waals surface area contributed by atoms with E-state index < -0.39 is 0 Å². The zero-order valence-corrected chi connectivity index (χ0v) is 13.0. The predicted octanol–water partition coefficient (Wildman–Crippen LogP) is 4.86. The van der Waals surface area contributed by atoms with Crippen molar-refractivity contribution in [3.05, 3.63) is 28.8 Å². The SMILES string of the molecule is CCC(CC)N(CC(C)C)c1cc(Cl)ccc1C#N. The van der Waals surface area contributed by atoms with Crippen LogP contribution in [0.1, 0.15) is 46.1 Å². The van der Waals surface area contributed by atoms with E-state index in [9.17, 15) is 5.26 Å². The molecule has 0 unspecified atom stereocenters. The van der Waals surface area contributed by atoms with Gasteiger partial charge in [0.05, 0.1) is 11.3 Å². The molecule has 104 valence electrons. The third kappa shape index (κ3) is 4.14. The maximum Gasteiger partial charge on any atom is 0.101 e. The molecule has 0 heterocycles. The summed E-state index contributed by atoms with van der Waals surface area (Å²) in [7, 11) is 0. The Hall–Kier alpha value is -1.20. The number of hydrogen-bond donors (Lipinski definition) is 0. The van der Waals surface area contributed by atoms with E-state index >= 15 is 0 Å². The molecule has 0 aromatic heterocycles. The monoisotopic (exact) mass is 278 g/mol. The Morgan fingerprint density at radius 3 is 2.37 bits per heavy atom. The quantitative estimate of drug-likeness (QED) is 0.743. The second kappa shape index (κ2) is 7.40. The summed E-state index contributed by atoms with van der Waals surface area (Å²) in [5, 5.41) is 9.99. The minimum atomic E-state index is 0.452. The van der Waals surface area contributed by atoms with Gasteiger partial charge in [-0.25, -0.2) is 0 Å². The lowest BCUT2D eigenvalue weighted by Gasteiger charge is -2.34. The molecule has 19 heavy (non-hydrogen) atoms. The van der Waals surface area contributed by atoms with Gasteiger partial charge in [0, 0.05) is 17.6 Å². The standard InChI is InChI=1S/C16H23ClN2/c1-5-15(6-2)19(11-12(3)4)16-9-14(17)8-7-13(16)10-18/h7-9,12,15H,5-6,11H2,1-4H3. The van der Waals surface area contributed by atoms with Crippen molar-refractivity contribution < 1.29 is 0 Å². The van der Waals surface area contributed by atoms with Gasteiger partial charge in [0.15, 0.2) is 0 Å². The Morgan fingerprint density at radius 2 is 1.89 bits per heavy atom. The largest absolute Gasteiger partial charge is 0.367 e. The van der Waals surface area contributed by atoms with E-state index in [0.717, 1.165) is 25.1 Å². The average molecular weight is 279 g/mol. The number of rotatable bonds is 6. The van der Waals surface area contributed by atoms with Gasteiger partial charge in [0.2, 0.25) is 0 Å². The van der Waals surface area contributed by atoms with Gasteiger partial charge >= 0.3 is 0 Å². The van der Waals surface area contributed by atoms with Gasteiger partial charge in [-0.05, 0) is 37.0 Å². The van der Waals surface area contributed by atoms with E-state index in [1.165, 1.54) is 0 Å². The van der Waals surface area contributed by atoms with Gasteiger partial charge in [-0.2, -0.15) is 5.26 Å². The highest BCUT2D eigenvalue weighted by Gasteiger charge is 2.20. The summed E-state index contributed by atoms with van der Waals surface area (Å²) in [6.45, 7) is 9.73.